The lowest BCUT2D eigenvalue weighted by Gasteiger charge is -2.40. The van der Waals surface area contributed by atoms with Gasteiger partial charge in [0.1, 0.15) is 0 Å². The molecular weight excluding hydrogens is 295 g/mol. The van der Waals surface area contributed by atoms with Crippen molar-refractivity contribution in [1.29, 1.82) is 0 Å². The molecule has 2 aliphatic heterocycles. The van der Waals surface area contributed by atoms with Crippen LogP contribution in [0.2, 0.25) is 0 Å². The van der Waals surface area contributed by atoms with Crippen LogP contribution in [0.1, 0.15) is 38.5 Å². The van der Waals surface area contributed by atoms with E-state index < -0.39 is 0 Å². The smallest absolute Gasteiger partial charge is 0.0506 e. The molecule has 20 heavy (non-hydrogen) atoms. The summed E-state index contributed by atoms with van der Waals surface area (Å²) in [6.07, 6.45) is 8.26. The van der Waals surface area contributed by atoms with Gasteiger partial charge in [-0.2, -0.15) is 0 Å². The van der Waals surface area contributed by atoms with Gasteiger partial charge in [0.25, 0.3) is 0 Å². The minimum absolute atomic E-state index is 0. The van der Waals surface area contributed by atoms with Crippen LogP contribution in [0.4, 0.5) is 0 Å². The molecule has 0 radical (unpaired) electrons. The summed E-state index contributed by atoms with van der Waals surface area (Å²) in [5.74, 6) is 1.71. The quantitative estimate of drug-likeness (QED) is 0.841. The molecule has 3 nitrogen and oxygen atoms in total. The molecule has 0 spiro atoms. The van der Waals surface area contributed by atoms with E-state index >= 15 is 0 Å². The topological polar surface area (TPSA) is 24.5 Å². The molecule has 1 aliphatic carbocycles. The predicted molar refractivity (Wildman–Crippen MR) is 88.2 cm³/mol. The van der Waals surface area contributed by atoms with E-state index in [-0.39, 0.29) is 24.8 Å². The average molecular weight is 325 g/mol. The van der Waals surface area contributed by atoms with E-state index in [1.807, 2.05) is 0 Å². The van der Waals surface area contributed by atoms with E-state index in [2.05, 4.69) is 10.2 Å². The van der Waals surface area contributed by atoms with Crippen LogP contribution < -0.4 is 5.32 Å². The van der Waals surface area contributed by atoms with Gasteiger partial charge in [-0.25, -0.2) is 0 Å². The largest absolute Gasteiger partial charge is 0.381 e. The lowest BCUT2D eigenvalue weighted by Crippen LogP contribution is -2.48. The third-order valence-electron chi connectivity index (χ3n) is 4.78. The molecule has 5 heteroatoms. The Hall–Kier alpha value is 0.460. The Morgan fingerprint density at radius 2 is 1.60 bits per heavy atom. The highest BCUT2D eigenvalue weighted by Crippen LogP contribution is 2.29. The molecule has 2 saturated heterocycles. The molecule has 0 aromatic carbocycles. The highest BCUT2D eigenvalue weighted by atomic mass is 35.5. The molecule has 1 N–H and O–H groups in total. The van der Waals surface area contributed by atoms with Crippen LogP contribution in [0, 0.1) is 11.8 Å². The van der Waals surface area contributed by atoms with Crippen LogP contribution in [-0.2, 0) is 4.74 Å². The molecule has 2 heterocycles. The Morgan fingerprint density at radius 1 is 0.900 bits per heavy atom. The van der Waals surface area contributed by atoms with Crippen molar-refractivity contribution in [2.45, 2.75) is 44.6 Å². The molecule has 1 unspecified atom stereocenters. The van der Waals surface area contributed by atoms with Gasteiger partial charge >= 0.3 is 0 Å². The maximum atomic E-state index is 5.89. The summed E-state index contributed by atoms with van der Waals surface area (Å²) < 4.78 is 5.89. The first kappa shape index (κ1) is 18.5. The summed E-state index contributed by atoms with van der Waals surface area (Å²) in [7, 11) is 0. The fourth-order valence-electron chi connectivity index (χ4n) is 3.42. The van der Waals surface area contributed by atoms with Gasteiger partial charge in [0, 0.05) is 19.2 Å². The Balaban J connectivity index is 0.000001000. The maximum absolute atomic E-state index is 5.89. The van der Waals surface area contributed by atoms with Crippen LogP contribution >= 0.6 is 24.8 Å². The minimum atomic E-state index is 0. The fraction of sp³-hybridized carbons (Fsp3) is 1.00. The third kappa shape index (κ3) is 5.69. The lowest BCUT2D eigenvalue weighted by molar-refractivity contribution is 0.0363. The first-order valence-corrected chi connectivity index (χ1v) is 7.94. The molecule has 0 aromatic rings. The molecule has 3 fully saturated rings. The molecule has 1 saturated carbocycles. The third-order valence-corrected chi connectivity index (χ3v) is 4.78. The van der Waals surface area contributed by atoms with Crippen molar-refractivity contribution >= 4 is 24.8 Å². The fourth-order valence-corrected chi connectivity index (χ4v) is 3.42. The first-order valence-electron chi connectivity index (χ1n) is 7.94. The Kier molecular flexibility index (Phi) is 8.77. The number of nitrogens with zero attached hydrogens (tertiary/aromatic N) is 1. The Labute approximate surface area is 136 Å². The van der Waals surface area contributed by atoms with Gasteiger partial charge in [-0.05, 0) is 70.0 Å². The van der Waals surface area contributed by atoms with Crippen LogP contribution in [0.3, 0.4) is 0 Å². The molecule has 3 rings (SSSR count). The average Bonchev–Trinajstić information content (AvgIpc) is 3.24. The number of hydrogen-bond acceptors (Lipinski definition) is 3. The summed E-state index contributed by atoms with van der Waals surface area (Å²) in [4.78, 5) is 2.75. The molecule has 120 valence electrons. The molecule has 0 bridgehead atoms. The molecule has 0 aromatic heterocycles. The minimum Gasteiger partial charge on any atom is -0.381 e. The number of likely N-dealkylation sites (tertiary alicyclic amines) is 1. The highest BCUT2D eigenvalue weighted by molar-refractivity contribution is 5.85. The number of rotatable bonds is 5. The van der Waals surface area contributed by atoms with Crippen molar-refractivity contribution in [2.24, 2.45) is 11.8 Å². The first-order chi connectivity index (χ1) is 8.92. The summed E-state index contributed by atoms with van der Waals surface area (Å²) in [6, 6.07) is 0.845. The van der Waals surface area contributed by atoms with Crippen molar-refractivity contribution in [2.75, 3.05) is 39.4 Å². The molecule has 0 amide bonds. The second kappa shape index (κ2) is 9.47. The standard InChI is InChI=1S/C15H28N2O.2ClH/c1-2-14(12-18-11-13-3-4-13)10-17(9-1)15-5-7-16-8-6-15;;/h13-16H,1-12H2;2*1H. The van der Waals surface area contributed by atoms with E-state index in [0.29, 0.717) is 0 Å². The van der Waals surface area contributed by atoms with E-state index in [9.17, 15) is 0 Å². The van der Waals surface area contributed by atoms with Crippen molar-refractivity contribution < 1.29 is 4.74 Å². The van der Waals surface area contributed by atoms with Gasteiger partial charge in [0.2, 0.25) is 0 Å². The zero-order chi connectivity index (χ0) is 12.2. The molecular formula is C15H30Cl2N2O. The normalized spacial score (nSPS) is 28.5. The zero-order valence-electron chi connectivity index (χ0n) is 12.4. The maximum Gasteiger partial charge on any atom is 0.0506 e. The number of ether oxygens (including phenoxy) is 1. The van der Waals surface area contributed by atoms with Crippen molar-refractivity contribution in [1.82, 2.24) is 10.2 Å². The van der Waals surface area contributed by atoms with Gasteiger partial charge in [0.05, 0.1) is 6.61 Å². The Bertz CT molecular complexity index is 258. The van der Waals surface area contributed by atoms with Gasteiger partial charge in [-0.3, -0.25) is 4.90 Å². The zero-order valence-corrected chi connectivity index (χ0v) is 14.0. The van der Waals surface area contributed by atoms with Crippen molar-refractivity contribution in [3.63, 3.8) is 0 Å². The second-order valence-corrected chi connectivity index (χ2v) is 6.47. The monoisotopic (exact) mass is 324 g/mol. The van der Waals surface area contributed by atoms with Crippen LogP contribution in [0.25, 0.3) is 0 Å². The summed E-state index contributed by atoms with van der Waals surface area (Å²) in [5, 5.41) is 3.47. The van der Waals surface area contributed by atoms with Gasteiger partial charge < -0.3 is 10.1 Å². The SMILES string of the molecule is C1CC(COCC2CC2)CN(C2CCNCC2)C1.Cl.Cl. The summed E-state index contributed by atoms with van der Waals surface area (Å²) in [5.41, 5.74) is 0. The van der Waals surface area contributed by atoms with Crippen molar-refractivity contribution in [3.05, 3.63) is 0 Å². The van der Waals surface area contributed by atoms with E-state index in [1.54, 1.807) is 0 Å². The predicted octanol–water partition coefficient (Wildman–Crippen LogP) is 2.72. The summed E-state index contributed by atoms with van der Waals surface area (Å²) >= 11 is 0. The lowest BCUT2D eigenvalue weighted by atomic mass is 9.95. The van der Waals surface area contributed by atoms with E-state index in [4.69, 9.17) is 4.74 Å². The number of nitrogens with one attached hydrogen (secondary N) is 1. The van der Waals surface area contributed by atoms with Crippen LogP contribution in [0.15, 0.2) is 0 Å². The Morgan fingerprint density at radius 3 is 2.30 bits per heavy atom. The van der Waals surface area contributed by atoms with Gasteiger partial charge in [0.15, 0.2) is 0 Å². The van der Waals surface area contributed by atoms with Crippen LogP contribution in [0.5, 0.6) is 0 Å². The van der Waals surface area contributed by atoms with E-state index in [0.717, 1.165) is 31.1 Å². The number of hydrogen-bond donors (Lipinski definition) is 1. The van der Waals surface area contributed by atoms with E-state index in [1.165, 1.54) is 64.7 Å². The highest BCUT2D eigenvalue weighted by Gasteiger charge is 2.27. The van der Waals surface area contributed by atoms with Crippen LogP contribution in [-0.4, -0.2) is 50.3 Å². The number of halogens is 2. The van der Waals surface area contributed by atoms with Crippen molar-refractivity contribution in [3.8, 4) is 0 Å². The van der Waals surface area contributed by atoms with Gasteiger partial charge in [-0.15, -0.1) is 24.8 Å². The number of piperidine rings is 2. The summed E-state index contributed by atoms with van der Waals surface area (Å²) in [6.45, 7) is 7.08. The van der Waals surface area contributed by atoms with Gasteiger partial charge in [-0.1, -0.05) is 0 Å². The molecule has 3 aliphatic rings. The second-order valence-electron chi connectivity index (χ2n) is 6.47. The molecule has 1 atom stereocenters.